The van der Waals surface area contributed by atoms with Gasteiger partial charge in [0.05, 0.1) is 13.2 Å². The van der Waals surface area contributed by atoms with Crippen LogP contribution in [0.3, 0.4) is 0 Å². The number of nitrogens with one attached hydrogen (secondary N) is 1. The predicted octanol–water partition coefficient (Wildman–Crippen LogP) is 2.26. The van der Waals surface area contributed by atoms with Crippen molar-refractivity contribution < 1.29 is 9.53 Å². The fourth-order valence-corrected chi connectivity index (χ4v) is 3.00. The number of aromatic nitrogens is 4. The number of pyridine rings is 1. The van der Waals surface area contributed by atoms with E-state index >= 15 is 0 Å². The molecule has 0 aliphatic rings. The number of benzene rings is 1. The van der Waals surface area contributed by atoms with Gasteiger partial charge in [-0.2, -0.15) is 0 Å². The molecule has 4 rings (SSSR count). The second-order valence-corrected chi connectivity index (χ2v) is 6.00. The van der Waals surface area contributed by atoms with Crippen LogP contribution in [0.5, 0.6) is 0 Å². The Morgan fingerprint density at radius 3 is 2.96 bits per heavy atom. The zero-order valence-corrected chi connectivity index (χ0v) is 14.4. The molecule has 0 unspecified atom stereocenters. The van der Waals surface area contributed by atoms with Gasteiger partial charge in [0.1, 0.15) is 0 Å². The topological polar surface area (TPSA) is 73.4 Å². The lowest BCUT2D eigenvalue weighted by atomic mass is 10.1. The molecule has 3 aromatic heterocycles. The van der Waals surface area contributed by atoms with E-state index in [2.05, 4.69) is 20.1 Å². The number of rotatable bonds is 6. The van der Waals surface area contributed by atoms with Crippen LogP contribution < -0.4 is 5.32 Å². The molecule has 0 bridgehead atoms. The molecule has 1 amide bonds. The van der Waals surface area contributed by atoms with Crippen LogP contribution in [0.25, 0.3) is 16.6 Å². The molecule has 132 valence electrons. The van der Waals surface area contributed by atoms with Gasteiger partial charge in [0.2, 0.25) is 0 Å². The van der Waals surface area contributed by atoms with Gasteiger partial charge in [-0.3, -0.25) is 9.20 Å². The molecule has 0 aliphatic carbocycles. The minimum Gasteiger partial charge on any atom is -0.383 e. The van der Waals surface area contributed by atoms with E-state index in [9.17, 15) is 4.79 Å². The highest BCUT2D eigenvalue weighted by atomic mass is 16.5. The Morgan fingerprint density at radius 1 is 1.15 bits per heavy atom. The van der Waals surface area contributed by atoms with Crippen LogP contribution in [0.15, 0.2) is 54.9 Å². The lowest BCUT2D eigenvalue weighted by Gasteiger charge is -2.07. The Labute approximate surface area is 150 Å². The van der Waals surface area contributed by atoms with E-state index in [-0.39, 0.29) is 5.91 Å². The average molecular weight is 349 g/mol. The molecule has 0 radical (unpaired) electrons. The first-order valence-electron chi connectivity index (χ1n) is 8.41. The van der Waals surface area contributed by atoms with E-state index in [1.807, 2.05) is 59.3 Å². The Morgan fingerprint density at radius 2 is 2.08 bits per heavy atom. The lowest BCUT2D eigenvalue weighted by molar-refractivity contribution is 0.0950. The van der Waals surface area contributed by atoms with Gasteiger partial charge in [0.15, 0.2) is 11.5 Å². The van der Waals surface area contributed by atoms with Gasteiger partial charge >= 0.3 is 0 Å². The second-order valence-electron chi connectivity index (χ2n) is 6.00. The number of carbonyl (C=O) groups excluding carboxylic acids is 1. The molecular weight excluding hydrogens is 330 g/mol. The summed E-state index contributed by atoms with van der Waals surface area (Å²) in [5.41, 5.74) is 2.47. The quantitative estimate of drug-likeness (QED) is 0.579. The summed E-state index contributed by atoms with van der Waals surface area (Å²) in [5.74, 6) is 0.560. The highest BCUT2D eigenvalue weighted by molar-refractivity contribution is 5.98. The van der Waals surface area contributed by atoms with Crippen molar-refractivity contribution in [2.24, 2.45) is 0 Å². The molecule has 0 aliphatic heterocycles. The number of carbonyl (C=O) groups is 1. The van der Waals surface area contributed by atoms with Gasteiger partial charge in [0.25, 0.3) is 5.91 Å². The Balaban J connectivity index is 1.49. The van der Waals surface area contributed by atoms with E-state index in [0.717, 1.165) is 23.1 Å². The van der Waals surface area contributed by atoms with Crippen molar-refractivity contribution in [3.05, 3.63) is 66.2 Å². The van der Waals surface area contributed by atoms with Crippen LogP contribution in [0.4, 0.5) is 0 Å². The van der Waals surface area contributed by atoms with Crippen molar-refractivity contribution in [3.8, 4) is 0 Å². The summed E-state index contributed by atoms with van der Waals surface area (Å²) >= 11 is 0. The number of hydrogen-bond donors (Lipinski definition) is 1. The summed E-state index contributed by atoms with van der Waals surface area (Å²) in [7, 11) is 1.69. The highest BCUT2D eigenvalue weighted by Crippen LogP contribution is 2.18. The Hall–Kier alpha value is -3.19. The third-order valence-electron chi connectivity index (χ3n) is 4.36. The minimum absolute atomic E-state index is 0.135. The fourth-order valence-electron chi connectivity index (χ4n) is 3.00. The average Bonchev–Trinajstić information content (AvgIpc) is 3.28. The number of ether oxygens (including phenoxy) is 1. The Bertz CT molecular complexity index is 1070. The van der Waals surface area contributed by atoms with Gasteiger partial charge in [0, 0.05) is 42.5 Å². The van der Waals surface area contributed by atoms with Gasteiger partial charge < -0.3 is 14.6 Å². The van der Waals surface area contributed by atoms with E-state index in [0.29, 0.717) is 24.5 Å². The summed E-state index contributed by atoms with van der Waals surface area (Å²) in [6, 6.07) is 13.4. The van der Waals surface area contributed by atoms with Crippen molar-refractivity contribution in [1.82, 2.24) is 24.5 Å². The van der Waals surface area contributed by atoms with E-state index < -0.39 is 0 Å². The van der Waals surface area contributed by atoms with E-state index in [1.165, 1.54) is 0 Å². The van der Waals surface area contributed by atoms with Gasteiger partial charge in [-0.05, 0) is 36.4 Å². The highest BCUT2D eigenvalue weighted by Gasteiger charge is 2.10. The van der Waals surface area contributed by atoms with E-state index in [1.54, 1.807) is 7.11 Å². The SMILES string of the molecule is COCCn1ccc2cc(C(=O)NCc3nnc4ccccn34)ccc21. The summed E-state index contributed by atoms with van der Waals surface area (Å²) < 4.78 is 9.10. The third kappa shape index (κ3) is 3.04. The maximum Gasteiger partial charge on any atom is 0.251 e. The predicted molar refractivity (Wildman–Crippen MR) is 98.0 cm³/mol. The van der Waals surface area contributed by atoms with Gasteiger partial charge in [-0.25, -0.2) is 0 Å². The standard InChI is InChI=1S/C19H19N5O2/c1-26-11-10-23-9-7-14-12-15(5-6-16(14)23)19(25)20-13-18-22-21-17-4-2-3-8-24(17)18/h2-9,12H,10-11,13H2,1H3,(H,20,25). The molecule has 4 aromatic rings. The van der Waals surface area contributed by atoms with Crippen LogP contribution in [-0.2, 0) is 17.8 Å². The van der Waals surface area contributed by atoms with Crippen LogP contribution >= 0.6 is 0 Å². The summed E-state index contributed by atoms with van der Waals surface area (Å²) in [4.78, 5) is 12.5. The van der Waals surface area contributed by atoms with Gasteiger partial charge in [-0.15, -0.1) is 10.2 Å². The van der Waals surface area contributed by atoms with Crippen molar-refractivity contribution in [2.45, 2.75) is 13.1 Å². The van der Waals surface area contributed by atoms with Crippen molar-refractivity contribution >= 4 is 22.5 Å². The molecule has 3 heterocycles. The largest absolute Gasteiger partial charge is 0.383 e. The molecule has 1 aromatic carbocycles. The molecule has 7 nitrogen and oxygen atoms in total. The summed E-state index contributed by atoms with van der Waals surface area (Å²) in [6.45, 7) is 1.75. The first kappa shape index (κ1) is 16.3. The minimum atomic E-state index is -0.135. The first-order valence-corrected chi connectivity index (χ1v) is 8.41. The first-order chi connectivity index (χ1) is 12.8. The van der Waals surface area contributed by atoms with Crippen molar-refractivity contribution in [1.29, 1.82) is 0 Å². The van der Waals surface area contributed by atoms with E-state index in [4.69, 9.17) is 4.74 Å². The van der Waals surface area contributed by atoms with Crippen LogP contribution in [0, 0.1) is 0 Å². The number of fused-ring (bicyclic) bond motifs is 2. The molecule has 0 atom stereocenters. The molecule has 0 spiro atoms. The Kier molecular flexibility index (Phi) is 4.37. The monoisotopic (exact) mass is 349 g/mol. The number of nitrogens with zero attached hydrogens (tertiary/aromatic N) is 4. The lowest BCUT2D eigenvalue weighted by Crippen LogP contribution is -2.24. The van der Waals surface area contributed by atoms with Crippen LogP contribution in [0.1, 0.15) is 16.2 Å². The number of hydrogen-bond acceptors (Lipinski definition) is 4. The maximum atomic E-state index is 12.5. The number of amides is 1. The van der Waals surface area contributed by atoms with Crippen molar-refractivity contribution in [2.75, 3.05) is 13.7 Å². The molecule has 26 heavy (non-hydrogen) atoms. The smallest absolute Gasteiger partial charge is 0.251 e. The van der Waals surface area contributed by atoms with Crippen LogP contribution in [-0.4, -0.2) is 38.8 Å². The van der Waals surface area contributed by atoms with Gasteiger partial charge in [-0.1, -0.05) is 6.07 Å². The molecule has 7 heteroatoms. The van der Waals surface area contributed by atoms with Crippen molar-refractivity contribution in [3.63, 3.8) is 0 Å². The fraction of sp³-hybridized carbons (Fsp3) is 0.211. The molecule has 1 N–H and O–H groups in total. The second kappa shape index (κ2) is 6.97. The summed E-state index contributed by atoms with van der Waals surface area (Å²) in [5, 5.41) is 12.2. The molecule has 0 fully saturated rings. The zero-order valence-electron chi connectivity index (χ0n) is 14.4. The molecular formula is C19H19N5O2. The molecule has 0 saturated heterocycles. The van der Waals surface area contributed by atoms with Crippen LogP contribution in [0.2, 0.25) is 0 Å². The maximum absolute atomic E-state index is 12.5. The number of methoxy groups -OCH3 is 1. The molecule has 0 saturated carbocycles. The zero-order chi connectivity index (χ0) is 17.9. The normalized spacial score (nSPS) is 11.3. The summed E-state index contributed by atoms with van der Waals surface area (Å²) in [6.07, 6.45) is 3.89. The third-order valence-corrected chi connectivity index (χ3v) is 4.36.